The third-order valence-corrected chi connectivity index (χ3v) is 4.13. The highest BCUT2D eigenvalue weighted by molar-refractivity contribution is 7.09. The van der Waals surface area contributed by atoms with Crippen molar-refractivity contribution >= 4 is 22.2 Å². The molecule has 1 aromatic carbocycles. The number of aromatic nitrogens is 2. The molecular weight excluding hydrogens is 266 g/mol. The summed E-state index contributed by atoms with van der Waals surface area (Å²) in [5.74, 6) is 0. The van der Waals surface area contributed by atoms with E-state index in [0.717, 1.165) is 22.8 Å². The van der Waals surface area contributed by atoms with Crippen molar-refractivity contribution < 1.29 is 0 Å². The molecule has 0 radical (unpaired) electrons. The average Bonchev–Trinajstić information content (AvgIpc) is 2.98. The van der Waals surface area contributed by atoms with Gasteiger partial charge in [0.15, 0.2) is 0 Å². The second-order valence-electron chi connectivity index (χ2n) is 4.77. The van der Waals surface area contributed by atoms with Gasteiger partial charge in [-0.2, -0.15) is 0 Å². The fraction of sp³-hybridized carbons (Fsp3) is 0.250. The number of nitrogens with zero attached hydrogens (tertiary/aromatic N) is 2. The molecule has 1 atom stereocenters. The summed E-state index contributed by atoms with van der Waals surface area (Å²) < 4.78 is 0. The van der Waals surface area contributed by atoms with Gasteiger partial charge >= 0.3 is 0 Å². The summed E-state index contributed by atoms with van der Waals surface area (Å²) in [7, 11) is 0. The second kappa shape index (κ2) is 5.69. The van der Waals surface area contributed by atoms with Crippen LogP contribution in [0.2, 0.25) is 0 Å². The minimum Gasteiger partial charge on any atom is -0.305 e. The number of nitrogens with one attached hydrogen (secondary N) is 1. The third kappa shape index (κ3) is 2.57. The average molecular weight is 283 g/mol. The van der Waals surface area contributed by atoms with Crippen LogP contribution in [-0.4, -0.2) is 16.5 Å². The summed E-state index contributed by atoms with van der Waals surface area (Å²) in [6.07, 6.45) is 1.86. The first-order valence-electron chi connectivity index (χ1n) is 6.78. The fourth-order valence-electron chi connectivity index (χ4n) is 2.35. The highest BCUT2D eigenvalue weighted by Crippen LogP contribution is 2.26. The van der Waals surface area contributed by atoms with Crippen LogP contribution in [0, 0.1) is 6.92 Å². The van der Waals surface area contributed by atoms with Gasteiger partial charge < -0.3 is 5.32 Å². The SMILES string of the molecule is CCNC(c1ccc2nc(C)ccc2c1)c1nccs1. The van der Waals surface area contributed by atoms with Gasteiger partial charge in [0.2, 0.25) is 0 Å². The largest absolute Gasteiger partial charge is 0.305 e. The number of hydrogen-bond donors (Lipinski definition) is 1. The molecule has 0 saturated heterocycles. The minimum absolute atomic E-state index is 0.158. The Labute approximate surface area is 122 Å². The van der Waals surface area contributed by atoms with Crippen molar-refractivity contribution in [1.82, 2.24) is 15.3 Å². The number of pyridine rings is 1. The van der Waals surface area contributed by atoms with Crippen molar-refractivity contribution in [2.75, 3.05) is 6.54 Å². The Morgan fingerprint density at radius 3 is 2.90 bits per heavy atom. The van der Waals surface area contributed by atoms with Gasteiger partial charge in [-0.15, -0.1) is 11.3 Å². The molecule has 3 aromatic rings. The zero-order chi connectivity index (χ0) is 13.9. The van der Waals surface area contributed by atoms with E-state index in [4.69, 9.17) is 0 Å². The van der Waals surface area contributed by atoms with E-state index in [2.05, 4.69) is 52.5 Å². The van der Waals surface area contributed by atoms with Gasteiger partial charge in [-0.1, -0.05) is 19.1 Å². The number of rotatable bonds is 4. The molecule has 0 fully saturated rings. The Morgan fingerprint density at radius 1 is 1.25 bits per heavy atom. The number of fused-ring (bicyclic) bond motifs is 1. The summed E-state index contributed by atoms with van der Waals surface area (Å²) in [6.45, 7) is 5.05. The summed E-state index contributed by atoms with van der Waals surface area (Å²) in [5.41, 5.74) is 3.33. The lowest BCUT2D eigenvalue weighted by molar-refractivity contribution is 0.628. The van der Waals surface area contributed by atoms with E-state index < -0.39 is 0 Å². The maximum atomic E-state index is 4.55. The maximum Gasteiger partial charge on any atom is 0.114 e. The quantitative estimate of drug-likeness (QED) is 0.793. The molecule has 1 unspecified atom stereocenters. The number of benzene rings is 1. The zero-order valence-electron chi connectivity index (χ0n) is 11.6. The van der Waals surface area contributed by atoms with Crippen molar-refractivity contribution in [1.29, 1.82) is 0 Å². The maximum absolute atomic E-state index is 4.55. The first kappa shape index (κ1) is 13.2. The zero-order valence-corrected chi connectivity index (χ0v) is 12.4. The van der Waals surface area contributed by atoms with E-state index in [1.54, 1.807) is 11.3 Å². The van der Waals surface area contributed by atoms with Crippen LogP contribution in [0.1, 0.15) is 29.2 Å². The van der Waals surface area contributed by atoms with Crippen LogP contribution in [-0.2, 0) is 0 Å². The molecule has 2 heterocycles. The van der Waals surface area contributed by atoms with Crippen LogP contribution in [0.15, 0.2) is 41.9 Å². The molecule has 0 amide bonds. The van der Waals surface area contributed by atoms with Crippen molar-refractivity contribution in [3.8, 4) is 0 Å². The second-order valence-corrected chi connectivity index (χ2v) is 5.69. The van der Waals surface area contributed by atoms with Crippen LogP contribution in [0.4, 0.5) is 0 Å². The molecule has 0 aliphatic heterocycles. The van der Waals surface area contributed by atoms with Crippen LogP contribution in [0.5, 0.6) is 0 Å². The van der Waals surface area contributed by atoms with Gasteiger partial charge in [0.05, 0.1) is 11.6 Å². The Kier molecular flexibility index (Phi) is 3.76. The van der Waals surface area contributed by atoms with E-state index in [1.807, 2.05) is 18.5 Å². The van der Waals surface area contributed by atoms with Crippen LogP contribution >= 0.6 is 11.3 Å². The molecule has 20 heavy (non-hydrogen) atoms. The third-order valence-electron chi connectivity index (χ3n) is 3.29. The van der Waals surface area contributed by atoms with Crippen molar-refractivity contribution in [2.45, 2.75) is 19.9 Å². The molecule has 3 rings (SSSR count). The Bertz CT molecular complexity index is 707. The predicted molar refractivity (Wildman–Crippen MR) is 84.1 cm³/mol. The van der Waals surface area contributed by atoms with E-state index in [0.29, 0.717) is 0 Å². The van der Waals surface area contributed by atoms with Gasteiger partial charge in [-0.25, -0.2) is 4.98 Å². The topological polar surface area (TPSA) is 37.8 Å². The first-order valence-corrected chi connectivity index (χ1v) is 7.66. The summed E-state index contributed by atoms with van der Waals surface area (Å²) in [5, 5.41) is 7.80. The Hall–Kier alpha value is -1.78. The molecule has 4 heteroatoms. The molecule has 0 bridgehead atoms. The minimum atomic E-state index is 0.158. The lowest BCUT2D eigenvalue weighted by atomic mass is 10.0. The lowest BCUT2D eigenvalue weighted by Gasteiger charge is -2.16. The van der Waals surface area contributed by atoms with Gasteiger partial charge in [0.1, 0.15) is 5.01 Å². The lowest BCUT2D eigenvalue weighted by Crippen LogP contribution is -2.21. The van der Waals surface area contributed by atoms with E-state index >= 15 is 0 Å². The molecule has 1 N–H and O–H groups in total. The number of thiazole rings is 1. The molecule has 0 aliphatic rings. The van der Waals surface area contributed by atoms with Crippen molar-refractivity contribution in [3.63, 3.8) is 0 Å². The molecule has 0 aliphatic carbocycles. The summed E-state index contributed by atoms with van der Waals surface area (Å²) in [4.78, 5) is 9.00. The fourth-order valence-corrected chi connectivity index (χ4v) is 3.09. The highest BCUT2D eigenvalue weighted by Gasteiger charge is 2.15. The van der Waals surface area contributed by atoms with Crippen LogP contribution in [0.3, 0.4) is 0 Å². The molecular formula is C16H17N3S. The summed E-state index contributed by atoms with van der Waals surface area (Å²) in [6, 6.07) is 10.8. The van der Waals surface area contributed by atoms with Crippen LogP contribution < -0.4 is 5.32 Å². The van der Waals surface area contributed by atoms with Crippen molar-refractivity contribution in [3.05, 3.63) is 58.2 Å². The first-order chi connectivity index (χ1) is 9.78. The Balaban J connectivity index is 2.05. The standard InChI is InChI=1S/C16H17N3S/c1-3-17-15(16-18-8-9-20-16)13-6-7-14-12(10-13)5-4-11(2)19-14/h4-10,15,17H,3H2,1-2H3. The predicted octanol–water partition coefficient (Wildman–Crippen LogP) is 3.70. The smallest absolute Gasteiger partial charge is 0.114 e. The number of aryl methyl sites for hydroxylation is 1. The van der Waals surface area contributed by atoms with Gasteiger partial charge in [0.25, 0.3) is 0 Å². The molecule has 2 aromatic heterocycles. The van der Waals surface area contributed by atoms with E-state index in [-0.39, 0.29) is 6.04 Å². The Morgan fingerprint density at radius 2 is 2.15 bits per heavy atom. The van der Waals surface area contributed by atoms with Crippen LogP contribution in [0.25, 0.3) is 10.9 Å². The monoisotopic (exact) mass is 283 g/mol. The molecule has 0 saturated carbocycles. The van der Waals surface area contributed by atoms with Crippen molar-refractivity contribution in [2.24, 2.45) is 0 Å². The molecule has 0 spiro atoms. The normalized spacial score (nSPS) is 12.7. The highest BCUT2D eigenvalue weighted by atomic mass is 32.1. The number of hydrogen-bond acceptors (Lipinski definition) is 4. The summed E-state index contributed by atoms with van der Waals surface area (Å²) >= 11 is 1.68. The molecule has 3 nitrogen and oxygen atoms in total. The van der Waals surface area contributed by atoms with Gasteiger partial charge in [-0.3, -0.25) is 4.98 Å². The molecule has 102 valence electrons. The van der Waals surface area contributed by atoms with E-state index in [9.17, 15) is 0 Å². The van der Waals surface area contributed by atoms with E-state index in [1.165, 1.54) is 10.9 Å². The van der Waals surface area contributed by atoms with Gasteiger partial charge in [-0.05, 0) is 37.2 Å². The van der Waals surface area contributed by atoms with Gasteiger partial charge in [0, 0.05) is 22.7 Å².